The van der Waals surface area contributed by atoms with E-state index in [2.05, 4.69) is 19.9 Å². The zero-order chi connectivity index (χ0) is 23.1. The molecule has 3 fully saturated rings. The van der Waals surface area contributed by atoms with Gasteiger partial charge in [-0.25, -0.2) is 0 Å². The minimum absolute atomic E-state index is 0.0151. The summed E-state index contributed by atoms with van der Waals surface area (Å²) < 4.78 is 29.0. The third kappa shape index (κ3) is 4.50. The van der Waals surface area contributed by atoms with Gasteiger partial charge in [0.05, 0.1) is 17.8 Å². The molecule has 2 bridgehead atoms. The van der Waals surface area contributed by atoms with Crippen molar-refractivity contribution >= 4 is 17.7 Å². The van der Waals surface area contributed by atoms with Gasteiger partial charge in [0.15, 0.2) is 5.78 Å². The van der Waals surface area contributed by atoms with Crippen molar-refractivity contribution in [3.05, 3.63) is 11.6 Å². The molecule has 8 nitrogen and oxygen atoms in total. The van der Waals surface area contributed by atoms with E-state index in [1.54, 1.807) is 0 Å². The topological polar surface area (TPSA) is 97.4 Å². The summed E-state index contributed by atoms with van der Waals surface area (Å²) in [7, 11) is 0. The molecule has 0 aromatic heterocycles. The van der Waals surface area contributed by atoms with Gasteiger partial charge in [-0.2, -0.15) is 0 Å². The zero-order valence-electron chi connectivity index (χ0n) is 19.4. The molecule has 2 aliphatic carbocycles. The lowest BCUT2D eigenvalue weighted by Crippen LogP contribution is -2.51. The minimum atomic E-state index is -1.14. The fourth-order valence-electron chi connectivity index (χ4n) is 5.90. The molecular formula is C24H34O8. The fourth-order valence-corrected chi connectivity index (χ4v) is 5.90. The molecule has 2 heterocycles. The second kappa shape index (κ2) is 8.88. The maximum Gasteiger partial charge on any atom is 0.303 e. The predicted octanol–water partition coefficient (Wildman–Crippen LogP) is 2.87. The third-order valence-electron chi connectivity index (χ3n) is 7.44. The maximum absolute atomic E-state index is 12.7. The summed E-state index contributed by atoms with van der Waals surface area (Å²) >= 11 is 0. The van der Waals surface area contributed by atoms with Gasteiger partial charge in [-0.1, -0.05) is 6.08 Å². The minimum Gasteiger partial charge on any atom is -0.463 e. The van der Waals surface area contributed by atoms with Crippen LogP contribution in [0.1, 0.15) is 66.2 Å². The first-order valence-electron chi connectivity index (χ1n) is 11.6. The van der Waals surface area contributed by atoms with Crippen LogP contribution in [0.5, 0.6) is 0 Å². The van der Waals surface area contributed by atoms with Crippen molar-refractivity contribution in [1.82, 2.24) is 0 Å². The van der Waals surface area contributed by atoms with Gasteiger partial charge in [0.25, 0.3) is 0 Å². The molecule has 32 heavy (non-hydrogen) atoms. The van der Waals surface area contributed by atoms with Crippen LogP contribution in [0.4, 0.5) is 0 Å². The van der Waals surface area contributed by atoms with E-state index in [9.17, 15) is 14.4 Å². The molecule has 178 valence electrons. The summed E-state index contributed by atoms with van der Waals surface area (Å²) in [5.41, 5.74) is 0.568. The molecule has 0 amide bonds. The van der Waals surface area contributed by atoms with E-state index in [0.29, 0.717) is 11.8 Å². The number of hydrogen-bond acceptors (Lipinski definition) is 8. The first-order chi connectivity index (χ1) is 15.1. The van der Waals surface area contributed by atoms with Crippen molar-refractivity contribution in [1.29, 1.82) is 0 Å². The van der Waals surface area contributed by atoms with E-state index in [-0.39, 0.29) is 36.6 Å². The van der Waals surface area contributed by atoms with Crippen LogP contribution in [-0.2, 0) is 38.1 Å². The number of allylic oxidation sites excluding steroid dienone is 1. The van der Waals surface area contributed by atoms with Crippen LogP contribution in [0, 0.1) is 11.8 Å². The number of fused-ring (bicyclic) bond motifs is 1. The number of hydrogen-bond donors (Lipinski definition) is 0. The van der Waals surface area contributed by atoms with Crippen molar-refractivity contribution < 1.29 is 38.1 Å². The smallest absolute Gasteiger partial charge is 0.303 e. The normalized spacial score (nSPS) is 37.9. The first kappa shape index (κ1) is 23.4. The Morgan fingerprint density at radius 1 is 1.12 bits per heavy atom. The number of carbonyl (C=O) groups is 3. The van der Waals surface area contributed by atoms with E-state index in [1.807, 2.05) is 0 Å². The van der Waals surface area contributed by atoms with E-state index in [0.717, 1.165) is 31.3 Å². The van der Waals surface area contributed by atoms with Crippen LogP contribution in [0.2, 0.25) is 0 Å². The Labute approximate surface area is 188 Å². The van der Waals surface area contributed by atoms with E-state index >= 15 is 0 Å². The highest BCUT2D eigenvalue weighted by Gasteiger charge is 2.59. The Bertz CT molecular complexity index is 802. The van der Waals surface area contributed by atoms with Gasteiger partial charge in [0, 0.05) is 20.3 Å². The average molecular weight is 451 g/mol. The third-order valence-corrected chi connectivity index (χ3v) is 7.44. The summed E-state index contributed by atoms with van der Waals surface area (Å²) in [5, 5.41) is 0. The Morgan fingerprint density at radius 3 is 2.59 bits per heavy atom. The van der Waals surface area contributed by atoms with E-state index in [1.165, 1.54) is 20.3 Å². The lowest BCUT2D eigenvalue weighted by atomic mass is 9.64. The van der Waals surface area contributed by atoms with Crippen molar-refractivity contribution in [2.24, 2.45) is 11.8 Å². The number of carbonyl (C=O) groups excluding carboxylic acids is 3. The van der Waals surface area contributed by atoms with Crippen molar-refractivity contribution in [3.8, 4) is 0 Å². The molecule has 0 radical (unpaired) electrons. The molecule has 1 spiro atoms. The Morgan fingerprint density at radius 2 is 1.88 bits per heavy atom. The largest absolute Gasteiger partial charge is 0.463 e. The van der Waals surface area contributed by atoms with Crippen LogP contribution in [-0.4, -0.2) is 60.6 Å². The predicted molar refractivity (Wildman–Crippen MR) is 112 cm³/mol. The zero-order valence-corrected chi connectivity index (χ0v) is 19.4. The summed E-state index contributed by atoms with van der Waals surface area (Å²) in [6.07, 6.45) is 4.71. The summed E-state index contributed by atoms with van der Waals surface area (Å²) in [4.78, 5) is 35.4. The van der Waals surface area contributed by atoms with Crippen LogP contribution in [0.25, 0.3) is 0 Å². The standard InChI is InChI=1S/C24H34O8/c1-14(25)28-13-19-10-20(27)21(30-15(2)26)22(31-19)29-12-18-7-5-6-16-8-9-17-11-24(16,18)32-23(17,3)4/h7,16-17,19,21-22H,5-6,8-13H2,1-4H3. The number of ether oxygens (including phenoxy) is 5. The van der Waals surface area contributed by atoms with Crippen molar-refractivity contribution in [2.75, 3.05) is 13.2 Å². The van der Waals surface area contributed by atoms with Crippen LogP contribution < -0.4 is 0 Å². The van der Waals surface area contributed by atoms with Gasteiger partial charge >= 0.3 is 11.9 Å². The molecule has 0 aromatic carbocycles. The van der Waals surface area contributed by atoms with Crippen LogP contribution in [0.3, 0.4) is 0 Å². The molecule has 0 aromatic rings. The molecule has 4 rings (SSSR count). The maximum atomic E-state index is 12.7. The lowest BCUT2D eigenvalue weighted by Gasteiger charge is -2.45. The van der Waals surface area contributed by atoms with E-state index in [4.69, 9.17) is 23.7 Å². The summed E-state index contributed by atoms with van der Waals surface area (Å²) in [6, 6.07) is 0. The van der Waals surface area contributed by atoms with Gasteiger partial charge in [-0.05, 0) is 63.4 Å². The van der Waals surface area contributed by atoms with Gasteiger partial charge in [-0.15, -0.1) is 0 Å². The molecule has 1 saturated carbocycles. The van der Waals surface area contributed by atoms with Crippen molar-refractivity contribution in [2.45, 2.75) is 95.9 Å². The molecule has 2 aliphatic heterocycles. The molecule has 4 aliphatic rings. The number of ketones is 1. The Balaban J connectivity index is 1.49. The Kier molecular flexibility index (Phi) is 6.49. The molecule has 2 saturated heterocycles. The molecule has 0 N–H and O–H groups in total. The van der Waals surface area contributed by atoms with E-state index < -0.39 is 30.4 Å². The van der Waals surface area contributed by atoms with Gasteiger partial charge < -0.3 is 23.7 Å². The lowest BCUT2D eigenvalue weighted by molar-refractivity contribution is -0.243. The highest BCUT2D eigenvalue weighted by molar-refractivity contribution is 5.86. The van der Waals surface area contributed by atoms with Crippen LogP contribution in [0.15, 0.2) is 11.6 Å². The van der Waals surface area contributed by atoms with Gasteiger partial charge in [0.2, 0.25) is 12.4 Å². The molecule has 8 heteroatoms. The number of esters is 2. The molecule has 6 atom stereocenters. The molecule has 6 unspecified atom stereocenters. The average Bonchev–Trinajstić information content (AvgIpc) is 2.91. The fraction of sp³-hybridized carbons (Fsp3) is 0.792. The second-order valence-corrected chi connectivity index (χ2v) is 10.0. The van der Waals surface area contributed by atoms with Crippen LogP contribution >= 0.6 is 0 Å². The highest BCUT2D eigenvalue weighted by atomic mass is 16.7. The quantitative estimate of drug-likeness (QED) is 0.450. The SMILES string of the molecule is CC(=O)OCC1CC(=O)C(OC(C)=O)C(OCC2=CCCC3CCC4CC23OC4(C)C)O1. The summed E-state index contributed by atoms with van der Waals surface area (Å²) in [6.45, 7) is 7.06. The van der Waals surface area contributed by atoms with Gasteiger partial charge in [-0.3, -0.25) is 14.4 Å². The monoisotopic (exact) mass is 450 g/mol. The summed E-state index contributed by atoms with van der Waals surface area (Å²) in [5.74, 6) is -0.372. The highest BCUT2D eigenvalue weighted by Crippen LogP contribution is 2.58. The number of rotatable bonds is 6. The molecular weight excluding hydrogens is 416 g/mol. The number of Topliss-reactive ketones (excluding diaryl/α,β-unsaturated/α-hetero) is 1. The van der Waals surface area contributed by atoms with Crippen molar-refractivity contribution in [3.63, 3.8) is 0 Å². The Hall–Kier alpha value is -1.77. The first-order valence-corrected chi connectivity index (χ1v) is 11.6. The van der Waals surface area contributed by atoms with Gasteiger partial charge in [0.1, 0.15) is 12.7 Å². The second-order valence-electron chi connectivity index (χ2n) is 10.0.